The summed E-state index contributed by atoms with van der Waals surface area (Å²) in [5.41, 5.74) is 8.11. The minimum atomic E-state index is -0.362. The number of rotatable bonds is 5. The maximum atomic E-state index is 13.6. The Morgan fingerprint density at radius 3 is 2.37 bits per heavy atom. The van der Waals surface area contributed by atoms with Crippen molar-refractivity contribution in [1.29, 1.82) is 0 Å². The number of aromatic amines is 1. The number of nitrogens with zero attached hydrogens (tertiary/aromatic N) is 1. The summed E-state index contributed by atoms with van der Waals surface area (Å²) in [4.78, 5) is 30.5. The molecule has 5 nitrogen and oxygen atoms in total. The molecule has 4 rings (SSSR count). The van der Waals surface area contributed by atoms with E-state index < -0.39 is 0 Å². The summed E-state index contributed by atoms with van der Waals surface area (Å²) >= 11 is 0. The Hall–Kier alpha value is -2.92. The third-order valence-corrected chi connectivity index (χ3v) is 5.52. The maximum Gasteiger partial charge on any atom is 0.220 e. The molecule has 1 aliphatic rings. The van der Waals surface area contributed by atoms with Gasteiger partial charge in [-0.3, -0.25) is 14.5 Å². The number of para-hydroxylation sites is 1. The number of ketones is 1. The quantitative estimate of drug-likeness (QED) is 0.685. The first-order chi connectivity index (χ1) is 13.1. The Morgan fingerprint density at radius 2 is 1.67 bits per heavy atom. The fraction of sp³-hybridized carbons (Fsp3) is 0.273. The molecule has 2 heterocycles. The van der Waals surface area contributed by atoms with Gasteiger partial charge in [0, 0.05) is 28.6 Å². The molecular weight excluding hydrogens is 338 g/mol. The largest absolute Gasteiger partial charge is 0.369 e. The Labute approximate surface area is 158 Å². The topological polar surface area (TPSA) is 79.2 Å². The number of piperidine rings is 1. The van der Waals surface area contributed by atoms with Gasteiger partial charge >= 0.3 is 0 Å². The second-order valence-corrected chi connectivity index (χ2v) is 7.14. The molecule has 1 saturated heterocycles. The number of amides is 1. The third-order valence-electron chi connectivity index (χ3n) is 5.52. The van der Waals surface area contributed by atoms with Gasteiger partial charge in [0.2, 0.25) is 5.91 Å². The number of carbonyl (C=O) groups excluding carboxylic acids is 2. The summed E-state index contributed by atoms with van der Waals surface area (Å²) in [6, 6.07) is 17.4. The standard InChI is InChI=1S/C22H23N3O2/c23-22(27)16-10-12-25(13-11-16)20(15-6-2-1-3-7-15)21(26)18-14-24-19-9-5-4-8-17(18)19/h1-9,14,16,20,24H,10-13H2,(H2,23,27)/t20-/m0/s1. The molecular formula is C22H23N3O2. The zero-order valence-electron chi connectivity index (χ0n) is 15.1. The zero-order valence-corrected chi connectivity index (χ0v) is 15.1. The van der Waals surface area contributed by atoms with Crippen LogP contribution in [0.5, 0.6) is 0 Å². The second kappa shape index (κ2) is 7.37. The molecule has 1 atom stereocenters. The van der Waals surface area contributed by atoms with Gasteiger partial charge in [0.15, 0.2) is 5.78 Å². The minimum absolute atomic E-state index is 0.0798. The van der Waals surface area contributed by atoms with E-state index in [4.69, 9.17) is 5.73 Å². The molecule has 1 aliphatic heterocycles. The van der Waals surface area contributed by atoms with Crippen LogP contribution in [0.25, 0.3) is 10.9 Å². The van der Waals surface area contributed by atoms with Crippen molar-refractivity contribution in [2.75, 3.05) is 13.1 Å². The van der Waals surface area contributed by atoms with Crippen molar-refractivity contribution in [2.45, 2.75) is 18.9 Å². The normalized spacial score (nSPS) is 17.0. The van der Waals surface area contributed by atoms with Crippen molar-refractivity contribution in [3.05, 3.63) is 71.9 Å². The number of nitrogens with one attached hydrogen (secondary N) is 1. The first-order valence-corrected chi connectivity index (χ1v) is 9.34. The third kappa shape index (κ3) is 3.38. The highest BCUT2D eigenvalue weighted by Crippen LogP contribution is 2.32. The summed E-state index contributed by atoms with van der Waals surface area (Å²) in [5.74, 6) is -0.258. The van der Waals surface area contributed by atoms with E-state index in [2.05, 4.69) is 9.88 Å². The van der Waals surface area contributed by atoms with Gasteiger partial charge in [-0.25, -0.2) is 0 Å². The van der Waals surface area contributed by atoms with Crippen LogP contribution in [0.3, 0.4) is 0 Å². The molecule has 138 valence electrons. The molecule has 1 aromatic heterocycles. The van der Waals surface area contributed by atoms with Crippen LogP contribution < -0.4 is 5.73 Å². The van der Waals surface area contributed by atoms with Gasteiger partial charge in [-0.05, 0) is 37.6 Å². The van der Waals surface area contributed by atoms with Crippen molar-refractivity contribution >= 4 is 22.6 Å². The molecule has 3 aromatic rings. The molecule has 5 heteroatoms. The van der Waals surface area contributed by atoms with Crippen molar-refractivity contribution in [1.82, 2.24) is 9.88 Å². The van der Waals surface area contributed by atoms with Crippen LogP contribution in [0, 0.1) is 5.92 Å². The number of aromatic nitrogens is 1. The van der Waals surface area contributed by atoms with Crippen LogP contribution in [0.4, 0.5) is 0 Å². The second-order valence-electron chi connectivity index (χ2n) is 7.14. The minimum Gasteiger partial charge on any atom is -0.369 e. The van der Waals surface area contributed by atoms with Crippen molar-refractivity contribution in [2.24, 2.45) is 11.7 Å². The Balaban J connectivity index is 1.69. The number of carbonyl (C=O) groups is 2. The lowest BCUT2D eigenvalue weighted by Gasteiger charge is -2.36. The number of likely N-dealkylation sites (tertiary alicyclic amines) is 1. The monoisotopic (exact) mass is 361 g/mol. The average Bonchev–Trinajstić information content (AvgIpc) is 3.13. The van der Waals surface area contributed by atoms with Crippen LogP contribution in [-0.2, 0) is 4.79 Å². The molecule has 0 aliphatic carbocycles. The molecule has 3 N–H and O–H groups in total. The van der Waals surface area contributed by atoms with Gasteiger partial charge in [-0.2, -0.15) is 0 Å². The summed E-state index contributed by atoms with van der Waals surface area (Å²) < 4.78 is 0. The number of benzene rings is 2. The number of Topliss-reactive ketones (excluding diaryl/α,β-unsaturated/α-hetero) is 1. The predicted molar refractivity (Wildman–Crippen MR) is 105 cm³/mol. The van der Waals surface area contributed by atoms with Crippen LogP contribution in [0.2, 0.25) is 0 Å². The lowest BCUT2D eigenvalue weighted by atomic mass is 9.90. The van der Waals surface area contributed by atoms with Crippen LogP contribution in [0.1, 0.15) is 34.8 Å². The molecule has 0 radical (unpaired) electrons. The lowest BCUT2D eigenvalue weighted by Crippen LogP contribution is -2.42. The number of fused-ring (bicyclic) bond motifs is 1. The lowest BCUT2D eigenvalue weighted by molar-refractivity contribution is -0.123. The highest BCUT2D eigenvalue weighted by molar-refractivity contribution is 6.10. The van der Waals surface area contributed by atoms with Crippen molar-refractivity contribution in [3.63, 3.8) is 0 Å². The molecule has 0 saturated carbocycles. The van der Waals surface area contributed by atoms with Gasteiger partial charge in [-0.15, -0.1) is 0 Å². The van der Waals surface area contributed by atoms with Crippen molar-refractivity contribution < 1.29 is 9.59 Å². The van der Waals surface area contributed by atoms with E-state index in [0.717, 1.165) is 16.5 Å². The van der Waals surface area contributed by atoms with E-state index in [9.17, 15) is 9.59 Å². The van der Waals surface area contributed by atoms with Gasteiger partial charge in [-0.1, -0.05) is 48.5 Å². The van der Waals surface area contributed by atoms with Gasteiger partial charge in [0.05, 0.1) is 6.04 Å². The SMILES string of the molecule is NC(=O)C1CCN([C@H](C(=O)c2c[nH]c3ccccc23)c2ccccc2)CC1. The Bertz CT molecular complexity index is 956. The van der Waals surface area contributed by atoms with E-state index in [1.165, 1.54) is 0 Å². The molecule has 0 bridgehead atoms. The van der Waals surface area contributed by atoms with E-state index in [1.807, 2.05) is 54.6 Å². The first kappa shape index (κ1) is 17.5. The summed E-state index contributed by atoms with van der Waals surface area (Å²) in [6.07, 6.45) is 3.19. The Morgan fingerprint density at radius 1 is 1.00 bits per heavy atom. The van der Waals surface area contributed by atoms with Crippen LogP contribution in [0.15, 0.2) is 60.8 Å². The van der Waals surface area contributed by atoms with E-state index in [0.29, 0.717) is 31.5 Å². The number of hydrogen-bond acceptors (Lipinski definition) is 3. The zero-order chi connectivity index (χ0) is 18.8. The van der Waals surface area contributed by atoms with Crippen LogP contribution >= 0.6 is 0 Å². The highest BCUT2D eigenvalue weighted by atomic mass is 16.1. The van der Waals surface area contributed by atoms with Gasteiger partial charge < -0.3 is 10.7 Å². The van der Waals surface area contributed by atoms with E-state index in [-0.39, 0.29) is 23.7 Å². The van der Waals surface area contributed by atoms with E-state index in [1.54, 1.807) is 6.20 Å². The number of nitrogens with two attached hydrogens (primary N) is 1. The molecule has 1 amide bonds. The van der Waals surface area contributed by atoms with Crippen molar-refractivity contribution in [3.8, 4) is 0 Å². The highest BCUT2D eigenvalue weighted by Gasteiger charge is 2.33. The fourth-order valence-electron chi connectivity index (χ4n) is 4.03. The molecule has 27 heavy (non-hydrogen) atoms. The summed E-state index contributed by atoms with van der Waals surface area (Å²) in [5, 5.41) is 0.940. The molecule has 1 fully saturated rings. The van der Waals surface area contributed by atoms with E-state index >= 15 is 0 Å². The molecule has 0 unspecified atom stereocenters. The smallest absolute Gasteiger partial charge is 0.220 e. The summed E-state index contributed by atoms with van der Waals surface area (Å²) in [6.45, 7) is 1.36. The van der Waals surface area contributed by atoms with Gasteiger partial charge in [0.25, 0.3) is 0 Å². The number of hydrogen-bond donors (Lipinski definition) is 2. The maximum absolute atomic E-state index is 13.6. The molecule has 2 aromatic carbocycles. The number of primary amides is 1. The van der Waals surface area contributed by atoms with Gasteiger partial charge in [0.1, 0.15) is 0 Å². The van der Waals surface area contributed by atoms with Crippen LogP contribution in [-0.4, -0.2) is 34.7 Å². The fourth-order valence-corrected chi connectivity index (χ4v) is 4.03. The summed E-state index contributed by atoms with van der Waals surface area (Å²) in [7, 11) is 0. The first-order valence-electron chi connectivity index (χ1n) is 9.34. The molecule has 0 spiro atoms. The Kier molecular flexibility index (Phi) is 4.77. The predicted octanol–water partition coefficient (Wildman–Crippen LogP) is 3.29. The number of H-pyrrole nitrogens is 1. The average molecular weight is 361 g/mol.